The molecule has 0 fully saturated rings. The minimum absolute atomic E-state index is 0.0628. The van der Waals surface area contributed by atoms with Gasteiger partial charge in [0.15, 0.2) is 6.10 Å². The number of hydrogen-bond donors (Lipinski definition) is 2. The number of carbonyl (C=O) groups is 1. The molecule has 2 rings (SSSR count). The number of carboxylic acids is 1. The number of hydrogen-bond acceptors (Lipinski definition) is 5. The van der Waals surface area contributed by atoms with Gasteiger partial charge in [-0.15, -0.1) is 13.2 Å². The monoisotopic (exact) mass is 385 g/mol. The predicted molar refractivity (Wildman–Crippen MR) is 89.9 cm³/mol. The second kappa shape index (κ2) is 9.13. The first kappa shape index (κ1) is 20.4. The first-order chi connectivity index (χ1) is 12.8. The Labute approximate surface area is 153 Å². The molecule has 1 unspecified atom stereocenters. The van der Waals surface area contributed by atoms with Crippen LogP contribution in [0.3, 0.4) is 0 Å². The zero-order valence-corrected chi connectivity index (χ0v) is 14.1. The van der Waals surface area contributed by atoms with Crippen molar-refractivity contribution in [2.24, 2.45) is 5.73 Å². The van der Waals surface area contributed by atoms with E-state index >= 15 is 0 Å². The van der Waals surface area contributed by atoms with Gasteiger partial charge in [-0.1, -0.05) is 12.1 Å². The van der Waals surface area contributed by atoms with Crippen molar-refractivity contribution in [1.29, 1.82) is 0 Å². The molecule has 0 amide bonds. The molecule has 0 aliphatic carbocycles. The molecule has 6 nitrogen and oxygen atoms in total. The second-order valence-electron chi connectivity index (χ2n) is 5.45. The van der Waals surface area contributed by atoms with E-state index in [1.54, 1.807) is 24.3 Å². The Kier molecular flexibility index (Phi) is 6.89. The lowest BCUT2D eigenvalue weighted by Crippen LogP contribution is -2.29. The second-order valence-corrected chi connectivity index (χ2v) is 5.45. The van der Waals surface area contributed by atoms with Crippen molar-refractivity contribution < 1.29 is 37.3 Å². The Balaban J connectivity index is 2.00. The molecule has 0 heterocycles. The number of carboxylic acid groups (broad SMARTS) is 1. The summed E-state index contributed by atoms with van der Waals surface area (Å²) in [4.78, 5) is 11.4. The summed E-state index contributed by atoms with van der Waals surface area (Å²) in [6.45, 7) is 0.748. The van der Waals surface area contributed by atoms with Crippen LogP contribution in [0.1, 0.15) is 5.56 Å². The van der Waals surface area contributed by atoms with Crippen LogP contribution in [0.5, 0.6) is 17.2 Å². The fourth-order valence-electron chi connectivity index (χ4n) is 2.18. The van der Waals surface area contributed by atoms with Gasteiger partial charge in [0.25, 0.3) is 0 Å². The zero-order valence-electron chi connectivity index (χ0n) is 14.1. The Morgan fingerprint density at radius 2 is 1.56 bits per heavy atom. The van der Waals surface area contributed by atoms with Crippen molar-refractivity contribution in [2.45, 2.75) is 18.9 Å². The van der Waals surface area contributed by atoms with Crippen LogP contribution in [0.15, 0.2) is 48.5 Å². The molecule has 0 radical (unpaired) electrons. The van der Waals surface area contributed by atoms with Crippen LogP contribution in [-0.4, -0.2) is 36.7 Å². The topological polar surface area (TPSA) is 91.0 Å². The van der Waals surface area contributed by atoms with E-state index in [0.717, 1.165) is 12.1 Å². The average molecular weight is 385 g/mol. The van der Waals surface area contributed by atoms with Gasteiger partial charge < -0.3 is 25.1 Å². The lowest BCUT2D eigenvalue weighted by molar-refractivity contribution is -0.274. The molecule has 3 N–H and O–H groups in total. The summed E-state index contributed by atoms with van der Waals surface area (Å²) < 4.78 is 50.9. The van der Waals surface area contributed by atoms with E-state index in [0.29, 0.717) is 24.5 Å². The molecule has 0 aliphatic rings. The lowest BCUT2D eigenvalue weighted by atomic mass is 10.1. The van der Waals surface area contributed by atoms with Gasteiger partial charge in [-0.05, 0) is 42.0 Å². The quantitative estimate of drug-likeness (QED) is 0.690. The van der Waals surface area contributed by atoms with Crippen molar-refractivity contribution in [2.75, 3.05) is 13.2 Å². The van der Waals surface area contributed by atoms with Crippen molar-refractivity contribution in [3.8, 4) is 17.2 Å². The molecule has 0 bridgehead atoms. The summed E-state index contributed by atoms with van der Waals surface area (Å²) in [7, 11) is 0. The highest BCUT2D eigenvalue weighted by Crippen LogP contribution is 2.25. The summed E-state index contributed by atoms with van der Waals surface area (Å²) in [5.41, 5.74) is 6.04. The summed E-state index contributed by atoms with van der Waals surface area (Å²) in [6, 6.07) is 11.3. The Bertz CT molecular complexity index is 732. The van der Waals surface area contributed by atoms with E-state index < -0.39 is 24.2 Å². The van der Waals surface area contributed by atoms with Gasteiger partial charge in [-0.3, -0.25) is 0 Å². The maximum atomic E-state index is 12.2. The minimum Gasteiger partial charge on any atom is -0.492 e. The third kappa shape index (κ3) is 7.06. The summed E-state index contributed by atoms with van der Waals surface area (Å²) >= 11 is 0. The smallest absolute Gasteiger partial charge is 0.492 e. The molecular weight excluding hydrogens is 367 g/mol. The van der Waals surface area contributed by atoms with Crippen LogP contribution in [-0.2, 0) is 11.2 Å². The van der Waals surface area contributed by atoms with Crippen LogP contribution < -0.4 is 19.9 Å². The molecule has 0 saturated heterocycles. The average Bonchev–Trinajstić information content (AvgIpc) is 2.60. The number of ether oxygens (including phenoxy) is 3. The first-order valence-electron chi connectivity index (χ1n) is 7.94. The molecule has 27 heavy (non-hydrogen) atoms. The van der Waals surface area contributed by atoms with Gasteiger partial charge in [0.05, 0.1) is 0 Å². The van der Waals surface area contributed by atoms with Crippen LogP contribution in [0.4, 0.5) is 13.2 Å². The zero-order chi connectivity index (χ0) is 19.9. The maximum Gasteiger partial charge on any atom is 0.573 e. The number of halogens is 3. The largest absolute Gasteiger partial charge is 0.573 e. The van der Waals surface area contributed by atoms with Crippen LogP contribution >= 0.6 is 0 Å². The normalized spacial score (nSPS) is 12.3. The van der Waals surface area contributed by atoms with Crippen molar-refractivity contribution in [1.82, 2.24) is 0 Å². The highest BCUT2D eigenvalue weighted by atomic mass is 19.4. The summed E-state index contributed by atoms with van der Waals surface area (Å²) in [5.74, 6) is -0.902. The Morgan fingerprint density at radius 3 is 2.07 bits per heavy atom. The van der Waals surface area contributed by atoms with E-state index in [1.165, 1.54) is 12.1 Å². The molecular formula is C18H18F3NO5. The highest BCUT2D eigenvalue weighted by molar-refractivity contribution is 5.73. The van der Waals surface area contributed by atoms with E-state index in [4.69, 9.17) is 15.2 Å². The Morgan fingerprint density at radius 1 is 1.00 bits per heavy atom. The molecule has 1 atom stereocenters. The molecule has 2 aromatic carbocycles. The Hall–Kier alpha value is -2.94. The summed E-state index contributed by atoms with van der Waals surface area (Å²) in [6.07, 6.45) is -5.95. The van der Waals surface area contributed by atoms with Crippen LogP contribution in [0.2, 0.25) is 0 Å². The van der Waals surface area contributed by atoms with E-state index in [9.17, 15) is 23.1 Å². The third-order valence-corrected chi connectivity index (χ3v) is 3.34. The van der Waals surface area contributed by atoms with Gasteiger partial charge >= 0.3 is 12.3 Å². The van der Waals surface area contributed by atoms with Crippen LogP contribution in [0, 0.1) is 0 Å². The molecule has 0 saturated carbocycles. The molecule has 146 valence electrons. The first-order valence-corrected chi connectivity index (χ1v) is 7.94. The molecule has 0 spiro atoms. The standard InChI is InChI=1S/C18H18F3NO5/c19-18(20,21)27-15-7-5-14(6-8-15)26-16(17(23)24)11-12-1-3-13(4-2-12)25-10-9-22/h1-8,16H,9-11,22H2,(H,23,24). The van der Waals surface area contributed by atoms with Gasteiger partial charge in [-0.2, -0.15) is 0 Å². The fourth-order valence-corrected chi connectivity index (χ4v) is 2.18. The maximum absolute atomic E-state index is 12.2. The predicted octanol–water partition coefficient (Wildman–Crippen LogP) is 3.00. The SMILES string of the molecule is NCCOc1ccc(CC(Oc2ccc(OC(F)(F)F)cc2)C(=O)O)cc1. The van der Waals surface area contributed by atoms with E-state index in [2.05, 4.69) is 4.74 Å². The number of alkyl halides is 3. The fraction of sp³-hybridized carbons (Fsp3) is 0.278. The van der Waals surface area contributed by atoms with Gasteiger partial charge in [0.2, 0.25) is 0 Å². The third-order valence-electron chi connectivity index (χ3n) is 3.34. The molecule has 0 aromatic heterocycles. The number of aliphatic carboxylic acids is 1. The van der Waals surface area contributed by atoms with Crippen molar-refractivity contribution in [3.05, 3.63) is 54.1 Å². The van der Waals surface area contributed by atoms with Gasteiger partial charge in [0.1, 0.15) is 23.9 Å². The highest BCUT2D eigenvalue weighted by Gasteiger charge is 2.31. The number of rotatable bonds is 9. The van der Waals surface area contributed by atoms with Crippen molar-refractivity contribution in [3.63, 3.8) is 0 Å². The van der Waals surface area contributed by atoms with Gasteiger partial charge in [-0.25, -0.2) is 4.79 Å². The molecule has 0 aliphatic heterocycles. The summed E-state index contributed by atoms with van der Waals surface area (Å²) in [5, 5.41) is 9.34. The van der Waals surface area contributed by atoms with Gasteiger partial charge in [0, 0.05) is 13.0 Å². The van der Waals surface area contributed by atoms with E-state index in [-0.39, 0.29) is 12.2 Å². The number of benzene rings is 2. The minimum atomic E-state index is -4.80. The molecule has 9 heteroatoms. The van der Waals surface area contributed by atoms with Crippen LogP contribution in [0.25, 0.3) is 0 Å². The lowest BCUT2D eigenvalue weighted by Gasteiger charge is -2.16. The number of nitrogens with two attached hydrogens (primary N) is 1. The van der Waals surface area contributed by atoms with E-state index in [1.807, 2.05) is 0 Å². The van der Waals surface area contributed by atoms with Crippen molar-refractivity contribution >= 4 is 5.97 Å². The molecule has 2 aromatic rings.